The molecule has 5 nitrogen and oxygen atoms in total. The van der Waals surface area contributed by atoms with Crippen molar-refractivity contribution in [3.8, 4) is 11.3 Å². The first-order chi connectivity index (χ1) is 12.0. The molecule has 6 heteroatoms. The summed E-state index contributed by atoms with van der Waals surface area (Å²) >= 11 is 0. The van der Waals surface area contributed by atoms with E-state index in [0.29, 0.717) is 5.69 Å². The van der Waals surface area contributed by atoms with Crippen molar-refractivity contribution >= 4 is 10.0 Å². The molecule has 0 bridgehead atoms. The van der Waals surface area contributed by atoms with Crippen LogP contribution in [0.1, 0.15) is 58.4 Å². The molecule has 0 saturated heterocycles. The van der Waals surface area contributed by atoms with Gasteiger partial charge >= 0.3 is 0 Å². The van der Waals surface area contributed by atoms with Crippen molar-refractivity contribution in [1.82, 2.24) is 14.5 Å². The maximum atomic E-state index is 13.1. The van der Waals surface area contributed by atoms with E-state index < -0.39 is 10.0 Å². The van der Waals surface area contributed by atoms with Gasteiger partial charge in [0, 0.05) is 23.8 Å². The number of hydrogen-bond acceptors (Lipinski definition) is 3. The molecular formula is C19H27N3O2S. The van der Waals surface area contributed by atoms with Gasteiger partial charge in [0.2, 0.25) is 10.0 Å². The summed E-state index contributed by atoms with van der Waals surface area (Å²) in [5, 5.41) is 4.56. The van der Waals surface area contributed by atoms with Gasteiger partial charge < -0.3 is 0 Å². The lowest BCUT2D eigenvalue weighted by Crippen LogP contribution is -2.34. The van der Waals surface area contributed by atoms with Crippen LogP contribution in [0.2, 0.25) is 0 Å². The SMILES string of the molecule is CC(C)n1cc(S(=O)(=O)NC2CCCCCC2)c(-c2ccccc2)n1. The average molecular weight is 362 g/mol. The van der Waals surface area contributed by atoms with Gasteiger partial charge in [0.05, 0.1) is 0 Å². The summed E-state index contributed by atoms with van der Waals surface area (Å²) < 4.78 is 30.8. The first-order valence-corrected chi connectivity index (χ1v) is 10.6. The number of hydrogen-bond donors (Lipinski definition) is 1. The maximum absolute atomic E-state index is 13.1. The normalized spacial score (nSPS) is 16.9. The van der Waals surface area contributed by atoms with E-state index in [2.05, 4.69) is 9.82 Å². The van der Waals surface area contributed by atoms with Crippen LogP contribution in [-0.4, -0.2) is 24.2 Å². The minimum atomic E-state index is -3.60. The second-order valence-corrected chi connectivity index (χ2v) is 8.77. The molecule has 3 rings (SSSR count). The van der Waals surface area contributed by atoms with Gasteiger partial charge in [-0.05, 0) is 26.7 Å². The Labute approximate surface area is 150 Å². The van der Waals surface area contributed by atoms with Crippen LogP contribution < -0.4 is 4.72 Å². The molecule has 1 saturated carbocycles. The lowest BCUT2D eigenvalue weighted by atomic mass is 10.1. The second-order valence-electron chi connectivity index (χ2n) is 7.09. The van der Waals surface area contributed by atoms with E-state index in [-0.39, 0.29) is 17.0 Å². The van der Waals surface area contributed by atoms with Gasteiger partial charge in [0.1, 0.15) is 10.6 Å². The molecule has 0 aliphatic heterocycles. The lowest BCUT2D eigenvalue weighted by Gasteiger charge is -2.16. The Morgan fingerprint density at radius 1 is 1.08 bits per heavy atom. The van der Waals surface area contributed by atoms with Crippen LogP contribution in [0.4, 0.5) is 0 Å². The molecule has 0 amide bonds. The molecule has 136 valence electrons. The third kappa shape index (κ3) is 4.30. The van der Waals surface area contributed by atoms with Gasteiger partial charge in [0.25, 0.3) is 0 Å². The van der Waals surface area contributed by atoms with Crippen LogP contribution in [0.3, 0.4) is 0 Å². The molecular weight excluding hydrogens is 334 g/mol. The quantitative estimate of drug-likeness (QED) is 0.814. The van der Waals surface area contributed by atoms with E-state index in [9.17, 15) is 8.42 Å². The van der Waals surface area contributed by atoms with Crippen molar-refractivity contribution < 1.29 is 8.42 Å². The molecule has 0 unspecified atom stereocenters. The fraction of sp³-hybridized carbons (Fsp3) is 0.526. The van der Waals surface area contributed by atoms with E-state index in [1.165, 1.54) is 12.8 Å². The Hall–Kier alpha value is -1.66. The largest absolute Gasteiger partial charge is 0.268 e. The Bertz CT molecular complexity index is 789. The molecule has 1 aromatic carbocycles. The van der Waals surface area contributed by atoms with Gasteiger partial charge in [-0.2, -0.15) is 5.10 Å². The standard InChI is InChI=1S/C19H27N3O2S/c1-15(2)22-14-18(19(20-22)16-10-6-5-7-11-16)25(23,24)21-17-12-8-3-4-9-13-17/h5-7,10-11,14-15,17,21H,3-4,8-9,12-13H2,1-2H3. The van der Waals surface area contributed by atoms with Crippen molar-refractivity contribution in [2.24, 2.45) is 0 Å². The Kier molecular flexibility index (Phi) is 5.59. The summed E-state index contributed by atoms with van der Waals surface area (Å²) in [5.41, 5.74) is 1.35. The van der Waals surface area contributed by atoms with Crippen LogP contribution in [0.25, 0.3) is 11.3 Å². The predicted octanol–water partition coefficient (Wildman–Crippen LogP) is 4.13. The van der Waals surface area contributed by atoms with Crippen LogP contribution in [0, 0.1) is 0 Å². The number of nitrogens with zero attached hydrogens (tertiary/aromatic N) is 2. The predicted molar refractivity (Wildman–Crippen MR) is 99.9 cm³/mol. The first kappa shape index (κ1) is 18.1. The summed E-state index contributed by atoms with van der Waals surface area (Å²) in [7, 11) is -3.60. The van der Waals surface area contributed by atoms with E-state index in [1.54, 1.807) is 10.9 Å². The fourth-order valence-corrected chi connectivity index (χ4v) is 4.77. The number of aromatic nitrogens is 2. The number of nitrogens with one attached hydrogen (secondary N) is 1. The molecule has 0 spiro atoms. The number of sulfonamides is 1. The molecule has 1 fully saturated rings. The lowest BCUT2D eigenvalue weighted by molar-refractivity contribution is 0.509. The van der Waals surface area contributed by atoms with Crippen LogP contribution in [0.5, 0.6) is 0 Å². The zero-order valence-electron chi connectivity index (χ0n) is 15.0. The summed E-state index contributed by atoms with van der Waals surface area (Å²) in [6, 6.07) is 9.65. The van der Waals surface area contributed by atoms with Gasteiger partial charge in [0.15, 0.2) is 0 Å². The third-order valence-corrected chi connectivity index (χ3v) is 6.26. The van der Waals surface area contributed by atoms with E-state index >= 15 is 0 Å². The highest BCUT2D eigenvalue weighted by Crippen LogP contribution is 2.28. The Morgan fingerprint density at radius 2 is 1.72 bits per heavy atom. The highest BCUT2D eigenvalue weighted by Gasteiger charge is 2.27. The van der Waals surface area contributed by atoms with E-state index in [1.807, 2.05) is 44.2 Å². The fourth-order valence-electron chi connectivity index (χ4n) is 3.31. The monoisotopic (exact) mass is 361 g/mol. The summed E-state index contributed by atoms with van der Waals surface area (Å²) in [6.07, 6.45) is 8.05. The average Bonchev–Trinajstić information content (AvgIpc) is 2.91. The summed E-state index contributed by atoms with van der Waals surface area (Å²) in [4.78, 5) is 0.275. The van der Waals surface area contributed by atoms with Crippen molar-refractivity contribution in [2.75, 3.05) is 0 Å². The molecule has 1 aromatic heterocycles. The van der Waals surface area contributed by atoms with Crippen molar-refractivity contribution in [1.29, 1.82) is 0 Å². The van der Waals surface area contributed by atoms with E-state index in [0.717, 1.165) is 31.2 Å². The van der Waals surface area contributed by atoms with Crippen molar-refractivity contribution in [3.63, 3.8) is 0 Å². The maximum Gasteiger partial charge on any atom is 0.244 e. The molecule has 2 aromatic rings. The Morgan fingerprint density at radius 3 is 2.32 bits per heavy atom. The zero-order chi connectivity index (χ0) is 17.9. The number of rotatable bonds is 5. The third-order valence-electron chi connectivity index (χ3n) is 4.74. The van der Waals surface area contributed by atoms with Gasteiger partial charge in [-0.25, -0.2) is 13.1 Å². The molecule has 1 N–H and O–H groups in total. The molecule has 25 heavy (non-hydrogen) atoms. The molecule has 0 radical (unpaired) electrons. The smallest absolute Gasteiger partial charge is 0.244 e. The Balaban J connectivity index is 1.96. The van der Waals surface area contributed by atoms with Crippen molar-refractivity contribution in [3.05, 3.63) is 36.5 Å². The van der Waals surface area contributed by atoms with Crippen molar-refractivity contribution in [2.45, 2.75) is 69.4 Å². The van der Waals surface area contributed by atoms with Gasteiger partial charge in [-0.1, -0.05) is 56.0 Å². The highest BCUT2D eigenvalue weighted by molar-refractivity contribution is 7.89. The summed E-state index contributed by atoms with van der Waals surface area (Å²) in [5.74, 6) is 0. The second kappa shape index (κ2) is 7.70. The molecule has 1 aliphatic rings. The van der Waals surface area contributed by atoms with E-state index in [4.69, 9.17) is 0 Å². The van der Waals surface area contributed by atoms with Crippen LogP contribution in [-0.2, 0) is 10.0 Å². The van der Waals surface area contributed by atoms with Crippen LogP contribution >= 0.6 is 0 Å². The molecule has 0 atom stereocenters. The molecule has 1 aliphatic carbocycles. The highest BCUT2D eigenvalue weighted by atomic mass is 32.2. The molecule has 1 heterocycles. The van der Waals surface area contributed by atoms with Gasteiger partial charge in [-0.15, -0.1) is 0 Å². The minimum Gasteiger partial charge on any atom is -0.268 e. The summed E-state index contributed by atoms with van der Waals surface area (Å²) in [6.45, 7) is 3.99. The zero-order valence-corrected chi connectivity index (χ0v) is 15.8. The first-order valence-electron chi connectivity index (χ1n) is 9.14. The minimum absolute atomic E-state index is 0.0264. The number of benzene rings is 1. The van der Waals surface area contributed by atoms with Crippen LogP contribution in [0.15, 0.2) is 41.4 Å². The topological polar surface area (TPSA) is 64.0 Å². The van der Waals surface area contributed by atoms with Gasteiger partial charge in [-0.3, -0.25) is 4.68 Å².